The lowest BCUT2D eigenvalue weighted by Gasteiger charge is -2.02. The third-order valence-electron chi connectivity index (χ3n) is 1.48. The van der Waals surface area contributed by atoms with Crippen LogP contribution in [0, 0.1) is 17.0 Å². The number of rotatable bonds is 2. The summed E-state index contributed by atoms with van der Waals surface area (Å²) in [6.45, 7) is 3.64. The van der Waals surface area contributed by atoms with Crippen LogP contribution in [0.2, 0.25) is 0 Å². The summed E-state index contributed by atoms with van der Waals surface area (Å²) in [6.07, 6.45) is 0. The molecule has 63 valence electrons. The number of hydrogen-bond donors (Lipinski definition) is 0. The molecule has 0 fully saturated rings. The summed E-state index contributed by atoms with van der Waals surface area (Å²) in [5.41, 5.74) is 0.655. The maximum Gasteiger partial charge on any atom is 0.273 e. The first-order valence-corrected chi connectivity index (χ1v) is 3.29. The smallest absolute Gasteiger partial charge is 0.273 e. The Morgan fingerprint density at radius 3 is 2.75 bits per heavy atom. The first-order valence-electron chi connectivity index (χ1n) is 3.29. The van der Waals surface area contributed by atoms with Crippen molar-refractivity contribution in [1.82, 2.24) is 0 Å². The second-order valence-corrected chi connectivity index (χ2v) is 2.25. The van der Waals surface area contributed by atoms with Crippen LogP contribution in [0.4, 0.5) is 5.69 Å². The highest BCUT2D eigenvalue weighted by molar-refractivity contribution is 5.45. The van der Waals surface area contributed by atoms with E-state index >= 15 is 0 Å². The zero-order chi connectivity index (χ0) is 9.14. The highest BCUT2D eigenvalue weighted by Crippen LogP contribution is 2.23. The number of nitrogens with zero attached hydrogens (tertiary/aromatic N) is 1. The van der Waals surface area contributed by atoms with E-state index in [4.69, 9.17) is 4.74 Å². The molecule has 0 bridgehead atoms. The highest BCUT2D eigenvalue weighted by atomic mass is 16.6. The van der Waals surface area contributed by atoms with Crippen molar-refractivity contribution in [1.29, 1.82) is 0 Å². The molecule has 0 atom stereocenters. The maximum atomic E-state index is 10.3. The Bertz CT molecular complexity index is 309. The van der Waals surface area contributed by atoms with Gasteiger partial charge in [-0.05, 0) is 18.6 Å². The van der Waals surface area contributed by atoms with E-state index in [1.165, 1.54) is 19.2 Å². The molecule has 0 unspecified atom stereocenters. The zero-order valence-corrected chi connectivity index (χ0v) is 6.61. The molecule has 0 spiro atoms. The van der Waals surface area contributed by atoms with Gasteiger partial charge in [-0.3, -0.25) is 10.1 Å². The maximum absolute atomic E-state index is 10.3. The monoisotopic (exact) mass is 166 g/mol. The Hall–Kier alpha value is -1.58. The second-order valence-electron chi connectivity index (χ2n) is 2.25. The van der Waals surface area contributed by atoms with E-state index in [2.05, 4.69) is 6.92 Å². The van der Waals surface area contributed by atoms with Gasteiger partial charge < -0.3 is 4.74 Å². The van der Waals surface area contributed by atoms with Gasteiger partial charge in [0, 0.05) is 6.07 Å². The first kappa shape index (κ1) is 8.52. The SMILES string of the molecule is [CH2]c1ccc([N+](=O)[O-])cc1OC. The van der Waals surface area contributed by atoms with Gasteiger partial charge in [-0.1, -0.05) is 0 Å². The van der Waals surface area contributed by atoms with Crippen molar-refractivity contribution >= 4 is 5.69 Å². The molecular weight excluding hydrogens is 158 g/mol. The standard InChI is InChI=1S/C8H8NO3/c1-6-3-4-7(9(10)11)5-8(6)12-2/h3-5H,1H2,2H3. The van der Waals surface area contributed by atoms with E-state index < -0.39 is 4.92 Å². The minimum Gasteiger partial charge on any atom is -0.496 e. The third kappa shape index (κ3) is 1.53. The summed E-state index contributed by atoms with van der Waals surface area (Å²) in [7, 11) is 1.45. The normalized spacial score (nSPS) is 9.50. The van der Waals surface area contributed by atoms with Gasteiger partial charge in [0.2, 0.25) is 0 Å². The molecule has 0 N–H and O–H groups in total. The van der Waals surface area contributed by atoms with Crippen LogP contribution in [0.15, 0.2) is 18.2 Å². The van der Waals surface area contributed by atoms with Gasteiger partial charge >= 0.3 is 0 Å². The van der Waals surface area contributed by atoms with Crippen LogP contribution >= 0.6 is 0 Å². The molecule has 1 radical (unpaired) electrons. The summed E-state index contributed by atoms with van der Waals surface area (Å²) in [6, 6.07) is 4.30. The number of non-ortho nitro benzene ring substituents is 1. The van der Waals surface area contributed by atoms with Crippen LogP contribution in [0.25, 0.3) is 0 Å². The van der Waals surface area contributed by atoms with E-state index in [0.717, 1.165) is 0 Å². The largest absolute Gasteiger partial charge is 0.496 e. The van der Waals surface area contributed by atoms with Crippen molar-refractivity contribution in [2.75, 3.05) is 7.11 Å². The molecule has 12 heavy (non-hydrogen) atoms. The van der Waals surface area contributed by atoms with Gasteiger partial charge in [0.25, 0.3) is 5.69 Å². The van der Waals surface area contributed by atoms with Crippen molar-refractivity contribution in [2.45, 2.75) is 0 Å². The highest BCUT2D eigenvalue weighted by Gasteiger charge is 2.07. The minimum absolute atomic E-state index is 0.0132. The lowest BCUT2D eigenvalue weighted by Crippen LogP contribution is -1.91. The minimum atomic E-state index is -0.470. The Morgan fingerprint density at radius 1 is 1.58 bits per heavy atom. The number of benzene rings is 1. The van der Waals surface area contributed by atoms with Crippen LogP contribution in [0.5, 0.6) is 5.75 Å². The second kappa shape index (κ2) is 3.21. The lowest BCUT2D eigenvalue weighted by atomic mass is 10.2. The van der Waals surface area contributed by atoms with Crippen LogP contribution in [0.1, 0.15) is 5.56 Å². The Labute approximate surface area is 69.9 Å². The van der Waals surface area contributed by atoms with Gasteiger partial charge in [0.1, 0.15) is 5.75 Å². The molecule has 0 aliphatic heterocycles. The van der Waals surface area contributed by atoms with Crippen molar-refractivity contribution in [3.05, 3.63) is 40.8 Å². The van der Waals surface area contributed by atoms with E-state index in [-0.39, 0.29) is 5.69 Å². The lowest BCUT2D eigenvalue weighted by molar-refractivity contribution is -0.384. The van der Waals surface area contributed by atoms with Gasteiger partial charge in [-0.15, -0.1) is 0 Å². The molecule has 1 rings (SSSR count). The molecular formula is C8H8NO3. The predicted octanol–water partition coefficient (Wildman–Crippen LogP) is 1.79. The van der Waals surface area contributed by atoms with Crippen LogP contribution < -0.4 is 4.74 Å². The first-order chi connectivity index (χ1) is 5.65. The average molecular weight is 166 g/mol. The molecule has 1 aromatic rings. The van der Waals surface area contributed by atoms with Crippen molar-refractivity contribution < 1.29 is 9.66 Å². The van der Waals surface area contributed by atoms with Crippen molar-refractivity contribution in [2.24, 2.45) is 0 Å². The van der Waals surface area contributed by atoms with Gasteiger partial charge in [-0.25, -0.2) is 0 Å². The fraction of sp³-hybridized carbons (Fsp3) is 0.125. The zero-order valence-electron chi connectivity index (χ0n) is 6.61. The quantitative estimate of drug-likeness (QED) is 0.497. The summed E-state index contributed by atoms with van der Waals surface area (Å²) in [5, 5.41) is 10.3. The van der Waals surface area contributed by atoms with Gasteiger partial charge in [0.05, 0.1) is 18.1 Å². The van der Waals surface area contributed by atoms with E-state index in [1.807, 2.05) is 0 Å². The molecule has 0 saturated carbocycles. The molecule has 4 nitrogen and oxygen atoms in total. The Balaban J connectivity index is 3.13. The molecule has 0 heterocycles. The fourth-order valence-electron chi connectivity index (χ4n) is 0.847. The summed E-state index contributed by atoms with van der Waals surface area (Å²) in [4.78, 5) is 9.84. The van der Waals surface area contributed by atoms with Crippen molar-refractivity contribution in [3.8, 4) is 5.75 Å². The summed E-state index contributed by atoms with van der Waals surface area (Å²) in [5.74, 6) is 0.434. The Kier molecular flexibility index (Phi) is 2.28. The number of ether oxygens (including phenoxy) is 1. The number of nitro groups is 1. The topological polar surface area (TPSA) is 52.4 Å². The Morgan fingerprint density at radius 2 is 2.25 bits per heavy atom. The molecule has 4 heteroatoms. The molecule has 1 aromatic carbocycles. The fourth-order valence-corrected chi connectivity index (χ4v) is 0.847. The van der Waals surface area contributed by atoms with E-state index in [0.29, 0.717) is 11.3 Å². The molecule has 0 amide bonds. The molecule has 0 aliphatic carbocycles. The number of methoxy groups -OCH3 is 1. The van der Waals surface area contributed by atoms with E-state index in [1.54, 1.807) is 6.07 Å². The molecule has 0 aromatic heterocycles. The number of hydrogen-bond acceptors (Lipinski definition) is 3. The molecule has 0 saturated heterocycles. The predicted molar refractivity (Wildman–Crippen MR) is 44.1 cm³/mol. The van der Waals surface area contributed by atoms with E-state index in [9.17, 15) is 10.1 Å². The van der Waals surface area contributed by atoms with Crippen molar-refractivity contribution in [3.63, 3.8) is 0 Å². The average Bonchev–Trinajstić information content (AvgIpc) is 2.05. The van der Waals surface area contributed by atoms with Crippen LogP contribution in [-0.2, 0) is 0 Å². The van der Waals surface area contributed by atoms with Crippen LogP contribution in [0.3, 0.4) is 0 Å². The summed E-state index contributed by atoms with van der Waals surface area (Å²) >= 11 is 0. The van der Waals surface area contributed by atoms with Gasteiger partial charge in [-0.2, -0.15) is 0 Å². The number of nitro benzene ring substituents is 1. The third-order valence-corrected chi connectivity index (χ3v) is 1.48. The molecule has 0 aliphatic rings. The van der Waals surface area contributed by atoms with Gasteiger partial charge in [0.15, 0.2) is 0 Å². The summed E-state index contributed by atoms with van der Waals surface area (Å²) < 4.78 is 4.87. The van der Waals surface area contributed by atoms with Crippen LogP contribution in [-0.4, -0.2) is 12.0 Å².